The molecular weight excluding hydrogens is 284 g/mol. The molecule has 2 aromatic rings. The average Bonchev–Trinajstić information content (AvgIpc) is 2.58. The zero-order valence-corrected chi connectivity index (χ0v) is 13.5. The molecule has 0 saturated carbocycles. The molecule has 0 heterocycles. The van der Waals surface area contributed by atoms with Gasteiger partial charge in [0.05, 0.1) is 13.2 Å². The number of benzene rings is 2. The van der Waals surface area contributed by atoms with Crippen LogP contribution < -0.4 is 9.47 Å². The van der Waals surface area contributed by atoms with Gasteiger partial charge in [-0.3, -0.25) is 0 Å². The molecule has 0 aliphatic carbocycles. The minimum atomic E-state index is 0.637. The van der Waals surface area contributed by atoms with Gasteiger partial charge in [0.1, 0.15) is 11.5 Å². The predicted octanol–water partition coefficient (Wildman–Crippen LogP) is 4.99. The standard InChI is InChI=1S/C21H24O2/c1-3-10-18-12-5-7-14-20(18)22-16-9-17-23-21-15-8-6-13-19(21)11-4-2/h3-8,12-15H,1-2,9-11,16-17H2. The first-order valence-electron chi connectivity index (χ1n) is 7.98. The molecule has 2 aromatic carbocycles. The molecule has 0 N–H and O–H groups in total. The zero-order valence-electron chi connectivity index (χ0n) is 13.5. The second kappa shape index (κ2) is 9.52. The van der Waals surface area contributed by atoms with Crippen LogP contribution in [0.1, 0.15) is 17.5 Å². The first-order chi connectivity index (χ1) is 11.3. The Hall–Kier alpha value is -2.48. The maximum atomic E-state index is 5.86. The van der Waals surface area contributed by atoms with Gasteiger partial charge in [0.25, 0.3) is 0 Å². The molecule has 0 saturated heterocycles. The van der Waals surface area contributed by atoms with E-state index in [0.717, 1.165) is 30.8 Å². The molecule has 120 valence electrons. The van der Waals surface area contributed by atoms with Crippen molar-refractivity contribution in [2.75, 3.05) is 13.2 Å². The number of rotatable bonds is 10. The summed E-state index contributed by atoms with van der Waals surface area (Å²) in [5, 5.41) is 0. The minimum absolute atomic E-state index is 0.637. The highest BCUT2D eigenvalue weighted by atomic mass is 16.5. The third kappa shape index (κ3) is 5.33. The number of para-hydroxylation sites is 2. The van der Waals surface area contributed by atoms with Crippen molar-refractivity contribution in [2.45, 2.75) is 19.3 Å². The summed E-state index contributed by atoms with van der Waals surface area (Å²) < 4.78 is 11.7. The molecule has 0 atom stereocenters. The molecule has 0 radical (unpaired) electrons. The lowest BCUT2D eigenvalue weighted by Gasteiger charge is -2.12. The van der Waals surface area contributed by atoms with E-state index >= 15 is 0 Å². The molecule has 2 rings (SSSR count). The maximum Gasteiger partial charge on any atom is 0.122 e. The monoisotopic (exact) mass is 308 g/mol. The van der Waals surface area contributed by atoms with Crippen molar-refractivity contribution >= 4 is 0 Å². The molecule has 0 fully saturated rings. The summed E-state index contributed by atoms with van der Waals surface area (Å²) in [6, 6.07) is 16.2. The average molecular weight is 308 g/mol. The molecule has 23 heavy (non-hydrogen) atoms. The van der Waals surface area contributed by atoms with Crippen LogP contribution in [0.15, 0.2) is 73.8 Å². The zero-order chi connectivity index (χ0) is 16.3. The highest BCUT2D eigenvalue weighted by Crippen LogP contribution is 2.20. The number of hydrogen-bond donors (Lipinski definition) is 0. The van der Waals surface area contributed by atoms with Crippen molar-refractivity contribution in [3.63, 3.8) is 0 Å². The van der Waals surface area contributed by atoms with Crippen molar-refractivity contribution in [2.24, 2.45) is 0 Å². The van der Waals surface area contributed by atoms with E-state index in [9.17, 15) is 0 Å². The van der Waals surface area contributed by atoms with E-state index in [-0.39, 0.29) is 0 Å². The van der Waals surface area contributed by atoms with E-state index in [1.54, 1.807) is 0 Å². The van der Waals surface area contributed by atoms with Gasteiger partial charge in [-0.1, -0.05) is 48.6 Å². The van der Waals surface area contributed by atoms with Gasteiger partial charge in [-0.2, -0.15) is 0 Å². The normalized spacial score (nSPS) is 10.1. The van der Waals surface area contributed by atoms with E-state index in [0.29, 0.717) is 13.2 Å². The van der Waals surface area contributed by atoms with E-state index in [1.807, 2.05) is 48.6 Å². The minimum Gasteiger partial charge on any atom is -0.493 e. The summed E-state index contributed by atoms with van der Waals surface area (Å²) >= 11 is 0. The highest BCUT2D eigenvalue weighted by molar-refractivity contribution is 5.35. The van der Waals surface area contributed by atoms with Crippen molar-refractivity contribution in [3.05, 3.63) is 85.0 Å². The Balaban J connectivity index is 1.78. The predicted molar refractivity (Wildman–Crippen MR) is 96.3 cm³/mol. The van der Waals surface area contributed by atoms with Gasteiger partial charge >= 0.3 is 0 Å². The number of hydrogen-bond acceptors (Lipinski definition) is 2. The van der Waals surface area contributed by atoms with Gasteiger partial charge in [0.15, 0.2) is 0 Å². The van der Waals surface area contributed by atoms with Gasteiger partial charge in [0, 0.05) is 6.42 Å². The van der Waals surface area contributed by atoms with Gasteiger partial charge in [-0.05, 0) is 36.1 Å². The fourth-order valence-corrected chi connectivity index (χ4v) is 2.36. The van der Waals surface area contributed by atoms with E-state index in [4.69, 9.17) is 9.47 Å². The van der Waals surface area contributed by atoms with Crippen molar-refractivity contribution < 1.29 is 9.47 Å². The van der Waals surface area contributed by atoms with Crippen LogP contribution in [0.4, 0.5) is 0 Å². The van der Waals surface area contributed by atoms with Crippen molar-refractivity contribution in [1.29, 1.82) is 0 Å². The molecule has 0 aromatic heterocycles. The summed E-state index contributed by atoms with van der Waals surface area (Å²) in [6.45, 7) is 8.84. The fraction of sp³-hybridized carbons (Fsp3) is 0.238. The van der Waals surface area contributed by atoms with Crippen LogP contribution in [-0.2, 0) is 12.8 Å². The van der Waals surface area contributed by atoms with E-state index < -0.39 is 0 Å². The first-order valence-corrected chi connectivity index (χ1v) is 7.98. The molecule has 0 aliphatic heterocycles. The Morgan fingerprint density at radius 3 is 1.57 bits per heavy atom. The highest BCUT2D eigenvalue weighted by Gasteiger charge is 2.03. The summed E-state index contributed by atoms with van der Waals surface area (Å²) in [5.74, 6) is 1.86. The second-order valence-electron chi connectivity index (χ2n) is 5.25. The topological polar surface area (TPSA) is 18.5 Å². The van der Waals surface area contributed by atoms with Gasteiger partial charge in [-0.25, -0.2) is 0 Å². The Bertz CT molecular complexity index is 576. The molecule has 0 bridgehead atoms. The Labute approximate surface area is 139 Å². The molecule has 0 aliphatic rings. The third-order valence-electron chi connectivity index (χ3n) is 3.48. The van der Waals surface area contributed by atoms with Crippen LogP contribution in [0.25, 0.3) is 0 Å². The lowest BCUT2D eigenvalue weighted by Crippen LogP contribution is -2.07. The lowest BCUT2D eigenvalue weighted by molar-refractivity contribution is 0.245. The smallest absolute Gasteiger partial charge is 0.122 e. The SMILES string of the molecule is C=CCc1ccccc1OCCCOc1ccccc1CC=C. The van der Waals surface area contributed by atoms with Crippen LogP contribution in [0.2, 0.25) is 0 Å². The molecule has 0 amide bonds. The molecule has 2 heteroatoms. The molecule has 0 spiro atoms. The van der Waals surface area contributed by atoms with Crippen LogP contribution in [0.5, 0.6) is 11.5 Å². The Morgan fingerprint density at radius 1 is 0.696 bits per heavy atom. The molecule has 0 unspecified atom stereocenters. The summed E-state index contributed by atoms with van der Waals surface area (Å²) in [7, 11) is 0. The van der Waals surface area contributed by atoms with E-state index in [2.05, 4.69) is 25.3 Å². The van der Waals surface area contributed by atoms with Crippen LogP contribution in [0, 0.1) is 0 Å². The first kappa shape index (κ1) is 16.9. The number of ether oxygens (including phenoxy) is 2. The summed E-state index contributed by atoms with van der Waals surface area (Å²) in [5.41, 5.74) is 2.33. The van der Waals surface area contributed by atoms with Gasteiger partial charge in [0.2, 0.25) is 0 Å². The fourth-order valence-electron chi connectivity index (χ4n) is 2.36. The van der Waals surface area contributed by atoms with Gasteiger partial charge < -0.3 is 9.47 Å². The van der Waals surface area contributed by atoms with Crippen molar-refractivity contribution in [3.8, 4) is 11.5 Å². The van der Waals surface area contributed by atoms with Crippen LogP contribution >= 0.6 is 0 Å². The van der Waals surface area contributed by atoms with Gasteiger partial charge in [-0.15, -0.1) is 13.2 Å². The quantitative estimate of drug-likeness (QED) is 0.454. The summed E-state index contributed by atoms with van der Waals surface area (Å²) in [6.07, 6.45) is 6.26. The van der Waals surface area contributed by atoms with E-state index in [1.165, 1.54) is 11.1 Å². The number of allylic oxidation sites excluding steroid dienone is 2. The largest absolute Gasteiger partial charge is 0.493 e. The Morgan fingerprint density at radius 2 is 1.13 bits per heavy atom. The van der Waals surface area contributed by atoms with Crippen molar-refractivity contribution in [1.82, 2.24) is 0 Å². The van der Waals surface area contributed by atoms with Crippen LogP contribution in [0.3, 0.4) is 0 Å². The lowest BCUT2D eigenvalue weighted by atomic mass is 10.1. The van der Waals surface area contributed by atoms with Crippen LogP contribution in [-0.4, -0.2) is 13.2 Å². The summed E-state index contributed by atoms with van der Waals surface area (Å²) in [4.78, 5) is 0. The Kier molecular flexibility index (Phi) is 6.99. The second-order valence-corrected chi connectivity index (χ2v) is 5.25. The molecular formula is C21H24O2. The third-order valence-corrected chi connectivity index (χ3v) is 3.48. The molecule has 2 nitrogen and oxygen atoms in total. The maximum absolute atomic E-state index is 5.86.